The van der Waals surface area contributed by atoms with Gasteiger partial charge in [-0.05, 0) is 49.7 Å². The predicted molar refractivity (Wildman–Crippen MR) is 134 cm³/mol. The lowest BCUT2D eigenvalue weighted by Crippen LogP contribution is -2.15. The molecule has 1 aromatic carbocycles. The number of carbonyl (C=O) groups is 1. The molecule has 0 radical (unpaired) electrons. The van der Waals surface area contributed by atoms with Crippen molar-refractivity contribution in [2.24, 2.45) is 5.92 Å². The minimum atomic E-state index is -0.112. The molecule has 3 aromatic rings. The molecule has 33 heavy (non-hydrogen) atoms. The van der Waals surface area contributed by atoms with Crippen molar-refractivity contribution in [1.29, 1.82) is 5.26 Å². The molecule has 1 atom stereocenters. The van der Waals surface area contributed by atoms with Gasteiger partial charge < -0.3 is 9.88 Å². The Balaban J connectivity index is 1.37. The summed E-state index contributed by atoms with van der Waals surface area (Å²) in [6.45, 7) is 5.05. The summed E-state index contributed by atoms with van der Waals surface area (Å²) in [5.74, 6) is 1.74. The summed E-state index contributed by atoms with van der Waals surface area (Å²) in [4.78, 5) is 14.0. The third kappa shape index (κ3) is 5.48. The van der Waals surface area contributed by atoms with Crippen LogP contribution in [0.3, 0.4) is 0 Å². The average molecular weight is 480 g/mol. The van der Waals surface area contributed by atoms with Gasteiger partial charge in [-0.15, -0.1) is 21.5 Å². The molecule has 1 amide bonds. The largest absolute Gasteiger partial charge is 0.316 e. The van der Waals surface area contributed by atoms with E-state index in [-0.39, 0.29) is 11.7 Å². The van der Waals surface area contributed by atoms with Crippen LogP contribution >= 0.6 is 23.1 Å². The van der Waals surface area contributed by atoms with Crippen LogP contribution in [0.2, 0.25) is 0 Å². The van der Waals surface area contributed by atoms with Crippen LogP contribution in [0.1, 0.15) is 54.1 Å². The van der Waals surface area contributed by atoms with E-state index in [0.29, 0.717) is 16.5 Å². The van der Waals surface area contributed by atoms with E-state index in [9.17, 15) is 10.1 Å². The molecule has 172 valence electrons. The van der Waals surface area contributed by atoms with Crippen LogP contribution in [0, 0.1) is 17.2 Å². The summed E-state index contributed by atoms with van der Waals surface area (Å²) < 4.78 is 2.08. The maximum Gasteiger partial charge on any atom is 0.235 e. The molecule has 0 aliphatic heterocycles. The van der Waals surface area contributed by atoms with Gasteiger partial charge in [0.05, 0.1) is 11.3 Å². The topological polar surface area (TPSA) is 83.6 Å². The van der Waals surface area contributed by atoms with Gasteiger partial charge in [0.1, 0.15) is 16.9 Å². The van der Waals surface area contributed by atoms with Gasteiger partial charge in [-0.25, -0.2) is 0 Å². The Morgan fingerprint density at radius 3 is 2.82 bits per heavy atom. The first-order chi connectivity index (χ1) is 16.1. The fraction of sp³-hybridized carbons (Fsp3) is 0.440. The highest BCUT2D eigenvalue weighted by Gasteiger charge is 2.26. The summed E-state index contributed by atoms with van der Waals surface area (Å²) in [6.07, 6.45) is 5.94. The molecule has 0 spiro atoms. The van der Waals surface area contributed by atoms with E-state index >= 15 is 0 Å². The van der Waals surface area contributed by atoms with Crippen LogP contribution < -0.4 is 5.32 Å². The Bertz CT molecular complexity index is 1150. The van der Waals surface area contributed by atoms with Crippen molar-refractivity contribution in [1.82, 2.24) is 14.8 Å². The van der Waals surface area contributed by atoms with Gasteiger partial charge in [-0.1, -0.05) is 55.4 Å². The number of nitriles is 1. The summed E-state index contributed by atoms with van der Waals surface area (Å²) >= 11 is 2.97. The number of thioether (sulfide) groups is 1. The van der Waals surface area contributed by atoms with Crippen molar-refractivity contribution in [2.45, 2.75) is 64.1 Å². The number of carbonyl (C=O) groups excluding carboxylic acids is 1. The van der Waals surface area contributed by atoms with Crippen molar-refractivity contribution in [3.63, 3.8) is 0 Å². The van der Waals surface area contributed by atoms with Crippen molar-refractivity contribution < 1.29 is 4.79 Å². The number of nitrogens with one attached hydrogen (secondary N) is 1. The quantitative estimate of drug-likeness (QED) is 0.423. The number of thiophene rings is 1. The zero-order chi connectivity index (χ0) is 23.2. The number of amides is 1. The second-order valence-electron chi connectivity index (χ2n) is 8.30. The molecule has 6 nitrogen and oxygen atoms in total. The molecule has 0 fully saturated rings. The van der Waals surface area contributed by atoms with Crippen LogP contribution in [0.5, 0.6) is 0 Å². The summed E-state index contributed by atoms with van der Waals surface area (Å²) in [7, 11) is 0. The van der Waals surface area contributed by atoms with Gasteiger partial charge in [-0.3, -0.25) is 4.79 Å². The number of aryl methyl sites for hydroxylation is 2. The monoisotopic (exact) mass is 479 g/mol. The molecule has 1 aliphatic rings. The molecule has 1 aliphatic carbocycles. The second-order valence-corrected chi connectivity index (χ2v) is 10.3. The number of anilines is 1. The number of benzene rings is 1. The highest BCUT2D eigenvalue weighted by Crippen LogP contribution is 2.40. The van der Waals surface area contributed by atoms with E-state index in [1.807, 2.05) is 18.2 Å². The molecule has 2 heterocycles. The van der Waals surface area contributed by atoms with Gasteiger partial charge in [0.15, 0.2) is 5.16 Å². The molecule has 0 saturated carbocycles. The standard InChI is InChI=1S/C25H29N5OS2/c1-3-17-10-12-19-20(15-26)24(33-21(19)14-17)27-23(31)16-32-25-29-28-22(30(25)4-2)13-11-18-8-6-5-7-9-18/h5-9,17H,3-4,10-14,16H2,1-2H3,(H,27,31). The van der Waals surface area contributed by atoms with E-state index in [1.165, 1.54) is 22.2 Å². The second kappa shape index (κ2) is 11.0. The molecule has 4 rings (SSSR count). The Morgan fingerprint density at radius 1 is 1.27 bits per heavy atom. The lowest BCUT2D eigenvalue weighted by molar-refractivity contribution is -0.113. The van der Waals surface area contributed by atoms with E-state index in [1.54, 1.807) is 11.3 Å². The van der Waals surface area contributed by atoms with Gasteiger partial charge in [-0.2, -0.15) is 5.26 Å². The van der Waals surface area contributed by atoms with Crippen molar-refractivity contribution in [2.75, 3.05) is 11.1 Å². The first-order valence-electron chi connectivity index (χ1n) is 11.6. The van der Waals surface area contributed by atoms with Gasteiger partial charge in [0.2, 0.25) is 5.91 Å². The van der Waals surface area contributed by atoms with E-state index in [2.05, 4.69) is 52.1 Å². The van der Waals surface area contributed by atoms with Crippen LogP contribution in [0.25, 0.3) is 0 Å². The molecule has 1 N–H and O–H groups in total. The Labute approximate surface area is 203 Å². The van der Waals surface area contributed by atoms with Crippen LogP contribution in [0.4, 0.5) is 5.00 Å². The molecule has 2 aromatic heterocycles. The lowest BCUT2D eigenvalue weighted by atomic mass is 9.86. The summed E-state index contributed by atoms with van der Waals surface area (Å²) in [5, 5.41) is 22.8. The normalized spacial score (nSPS) is 15.1. The Morgan fingerprint density at radius 2 is 2.09 bits per heavy atom. The van der Waals surface area contributed by atoms with Crippen LogP contribution in [-0.4, -0.2) is 26.4 Å². The maximum absolute atomic E-state index is 12.7. The number of hydrogen-bond donors (Lipinski definition) is 1. The number of fused-ring (bicyclic) bond motifs is 1. The zero-order valence-corrected chi connectivity index (χ0v) is 20.8. The smallest absolute Gasteiger partial charge is 0.235 e. The molecular formula is C25H29N5OS2. The predicted octanol–water partition coefficient (Wildman–Crippen LogP) is 5.26. The number of hydrogen-bond acceptors (Lipinski definition) is 6. The molecule has 0 saturated heterocycles. The van der Waals surface area contributed by atoms with Crippen molar-refractivity contribution in [3.05, 3.63) is 57.7 Å². The van der Waals surface area contributed by atoms with Crippen molar-refractivity contribution in [3.8, 4) is 6.07 Å². The minimum Gasteiger partial charge on any atom is -0.316 e. The van der Waals surface area contributed by atoms with Gasteiger partial charge in [0, 0.05) is 17.8 Å². The Hall–Kier alpha value is -2.63. The summed E-state index contributed by atoms with van der Waals surface area (Å²) in [6, 6.07) is 12.7. The highest BCUT2D eigenvalue weighted by atomic mass is 32.2. The van der Waals surface area contributed by atoms with Crippen LogP contribution in [-0.2, 0) is 37.0 Å². The molecule has 0 bridgehead atoms. The highest BCUT2D eigenvalue weighted by molar-refractivity contribution is 7.99. The fourth-order valence-electron chi connectivity index (χ4n) is 4.33. The maximum atomic E-state index is 12.7. The van der Waals surface area contributed by atoms with E-state index in [0.717, 1.165) is 61.6 Å². The SMILES string of the molecule is CCC1CCc2c(sc(NC(=O)CSc3nnc(CCc4ccccc4)n3CC)c2C#N)C1. The molecule has 8 heteroatoms. The van der Waals surface area contributed by atoms with Gasteiger partial charge in [0.25, 0.3) is 0 Å². The fourth-order valence-corrected chi connectivity index (χ4v) is 6.48. The molecule has 1 unspecified atom stereocenters. The third-order valence-electron chi connectivity index (χ3n) is 6.23. The average Bonchev–Trinajstić information content (AvgIpc) is 3.40. The Kier molecular flexibility index (Phi) is 7.84. The zero-order valence-electron chi connectivity index (χ0n) is 19.1. The van der Waals surface area contributed by atoms with Crippen molar-refractivity contribution >= 4 is 34.0 Å². The van der Waals surface area contributed by atoms with E-state index in [4.69, 9.17) is 0 Å². The lowest BCUT2D eigenvalue weighted by Gasteiger charge is -2.20. The van der Waals surface area contributed by atoms with E-state index < -0.39 is 0 Å². The number of rotatable bonds is 9. The first-order valence-corrected chi connectivity index (χ1v) is 13.4. The summed E-state index contributed by atoms with van der Waals surface area (Å²) in [5.41, 5.74) is 3.07. The first kappa shape index (κ1) is 23.5. The molecular weight excluding hydrogens is 450 g/mol. The number of nitrogens with zero attached hydrogens (tertiary/aromatic N) is 4. The van der Waals surface area contributed by atoms with Gasteiger partial charge >= 0.3 is 0 Å². The minimum absolute atomic E-state index is 0.112. The van der Waals surface area contributed by atoms with Crippen LogP contribution in [0.15, 0.2) is 35.5 Å². The third-order valence-corrected chi connectivity index (χ3v) is 8.37. The number of aromatic nitrogens is 3.